The Morgan fingerprint density at radius 1 is 0.348 bits per heavy atom. The lowest BCUT2D eigenvalue weighted by atomic mass is 9.95. The Morgan fingerprint density at radius 3 is 1.85 bits per heavy atom. The first-order valence-electron chi connectivity index (χ1n) is 15.2. The second kappa shape index (κ2) is 10.7. The van der Waals surface area contributed by atoms with Gasteiger partial charge in [-0.15, -0.1) is 0 Å². The summed E-state index contributed by atoms with van der Waals surface area (Å²) in [7, 11) is 0. The summed E-state index contributed by atoms with van der Waals surface area (Å²) < 4.78 is 0. The molecule has 0 saturated heterocycles. The molecule has 0 unspecified atom stereocenters. The number of aromatic nitrogens is 5. The Kier molecular flexibility index (Phi) is 6.06. The lowest BCUT2D eigenvalue weighted by molar-refractivity contribution is 1.31. The Balaban J connectivity index is 1.20. The predicted molar refractivity (Wildman–Crippen MR) is 187 cm³/mol. The average molecular weight is 588 g/mol. The molecule has 0 bridgehead atoms. The van der Waals surface area contributed by atoms with Crippen LogP contribution in [0.4, 0.5) is 0 Å². The van der Waals surface area contributed by atoms with Crippen molar-refractivity contribution in [1.29, 1.82) is 0 Å². The molecule has 5 heterocycles. The van der Waals surface area contributed by atoms with Crippen molar-refractivity contribution in [2.45, 2.75) is 0 Å². The molecule has 0 aliphatic heterocycles. The van der Waals surface area contributed by atoms with Crippen molar-refractivity contribution in [1.82, 2.24) is 24.9 Å². The minimum absolute atomic E-state index is 0.889. The quantitative estimate of drug-likeness (QED) is 0.151. The number of hydrogen-bond donors (Lipinski definition) is 0. The third kappa shape index (κ3) is 4.45. The second-order valence-electron chi connectivity index (χ2n) is 11.4. The molecule has 9 rings (SSSR count). The summed E-state index contributed by atoms with van der Waals surface area (Å²) in [5, 5.41) is 4.25. The number of fused-ring (bicyclic) bond motifs is 5. The molecule has 5 aromatic heterocycles. The van der Waals surface area contributed by atoms with E-state index in [9.17, 15) is 0 Å². The second-order valence-corrected chi connectivity index (χ2v) is 11.4. The standard InChI is InChI=1S/C41H25N5/c1-2-12-37-32(9-1)39(33-16-13-26-8-7-21-44-40(26)41(33)46-37)38-18-15-28-22-27(14-17-36(28)45-38)29-23-30(34-10-3-5-19-42-34)25-31(24-29)35-11-4-6-20-43-35/h1-25H. The molecule has 0 spiro atoms. The Bertz CT molecular complexity index is 2520. The molecular formula is C41H25N5. The van der Waals surface area contributed by atoms with Crippen LogP contribution in [-0.2, 0) is 0 Å². The van der Waals surface area contributed by atoms with Gasteiger partial charge in [0.25, 0.3) is 0 Å². The zero-order chi connectivity index (χ0) is 30.5. The molecule has 0 fully saturated rings. The summed E-state index contributed by atoms with van der Waals surface area (Å²) in [5.41, 5.74) is 11.8. The summed E-state index contributed by atoms with van der Waals surface area (Å²) in [5.74, 6) is 0. The minimum atomic E-state index is 0.889. The van der Waals surface area contributed by atoms with Gasteiger partial charge in [-0.2, -0.15) is 0 Å². The number of pyridine rings is 5. The van der Waals surface area contributed by atoms with E-state index < -0.39 is 0 Å². The highest BCUT2D eigenvalue weighted by atomic mass is 14.8. The van der Waals surface area contributed by atoms with Crippen LogP contribution < -0.4 is 0 Å². The Morgan fingerprint density at radius 2 is 1.07 bits per heavy atom. The van der Waals surface area contributed by atoms with E-state index in [0.717, 1.165) is 88.5 Å². The van der Waals surface area contributed by atoms with Crippen LogP contribution in [0.3, 0.4) is 0 Å². The van der Waals surface area contributed by atoms with Crippen LogP contribution in [0, 0.1) is 0 Å². The van der Waals surface area contributed by atoms with Crippen molar-refractivity contribution in [3.63, 3.8) is 0 Å². The molecule has 0 saturated carbocycles. The number of hydrogen-bond acceptors (Lipinski definition) is 5. The van der Waals surface area contributed by atoms with E-state index in [-0.39, 0.29) is 0 Å². The normalized spacial score (nSPS) is 11.5. The maximum atomic E-state index is 5.22. The number of rotatable bonds is 4. The lowest BCUT2D eigenvalue weighted by Gasteiger charge is -2.13. The molecular weight excluding hydrogens is 562 g/mol. The molecule has 5 heteroatoms. The average Bonchev–Trinajstić information content (AvgIpc) is 3.14. The minimum Gasteiger partial charge on any atom is -0.256 e. The van der Waals surface area contributed by atoms with E-state index in [1.165, 1.54) is 0 Å². The monoisotopic (exact) mass is 587 g/mol. The van der Waals surface area contributed by atoms with Gasteiger partial charge in [0.1, 0.15) is 0 Å². The summed E-state index contributed by atoms with van der Waals surface area (Å²) >= 11 is 0. The maximum Gasteiger partial charge on any atom is 0.0979 e. The predicted octanol–water partition coefficient (Wildman–Crippen LogP) is 9.94. The van der Waals surface area contributed by atoms with E-state index >= 15 is 0 Å². The first-order chi connectivity index (χ1) is 22.8. The van der Waals surface area contributed by atoms with Crippen LogP contribution >= 0.6 is 0 Å². The van der Waals surface area contributed by atoms with Crippen molar-refractivity contribution in [2.24, 2.45) is 0 Å². The smallest absolute Gasteiger partial charge is 0.0979 e. The van der Waals surface area contributed by atoms with E-state index in [1.807, 2.05) is 67.1 Å². The fraction of sp³-hybridized carbons (Fsp3) is 0. The molecule has 9 aromatic rings. The third-order valence-electron chi connectivity index (χ3n) is 8.56. The van der Waals surface area contributed by atoms with E-state index in [4.69, 9.17) is 15.0 Å². The molecule has 0 radical (unpaired) electrons. The van der Waals surface area contributed by atoms with Gasteiger partial charge in [0.15, 0.2) is 0 Å². The van der Waals surface area contributed by atoms with Crippen molar-refractivity contribution in [3.8, 4) is 44.9 Å². The highest BCUT2D eigenvalue weighted by molar-refractivity contribution is 6.15. The van der Waals surface area contributed by atoms with E-state index in [0.29, 0.717) is 0 Å². The highest BCUT2D eigenvalue weighted by Gasteiger charge is 2.16. The van der Waals surface area contributed by atoms with Gasteiger partial charge in [-0.1, -0.05) is 60.7 Å². The number of nitrogens with zero attached hydrogens (tertiary/aromatic N) is 5. The van der Waals surface area contributed by atoms with Crippen LogP contribution in [0.15, 0.2) is 152 Å². The van der Waals surface area contributed by atoms with Gasteiger partial charge in [0, 0.05) is 56.8 Å². The van der Waals surface area contributed by atoms with Gasteiger partial charge in [0.05, 0.1) is 39.1 Å². The van der Waals surface area contributed by atoms with Crippen molar-refractivity contribution in [3.05, 3.63) is 152 Å². The van der Waals surface area contributed by atoms with Crippen molar-refractivity contribution >= 4 is 43.6 Å². The van der Waals surface area contributed by atoms with E-state index in [1.54, 1.807) is 0 Å². The van der Waals surface area contributed by atoms with Crippen LogP contribution in [0.2, 0.25) is 0 Å². The largest absolute Gasteiger partial charge is 0.256 e. The number of benzene rings is 4. The van der Waals surface area contributed by atoms with Crippen molar-refractivity contribution in [2.75, 3.05) is 0 Å². The maximum absolute atomic E-state index is 5.22. The summed E-state index contributed by atoms with van der Waals surface area (Å²) in [6, 6.07) is 45.9. The zero-order valence-electron chi connectivity index (χ0n) is 24.7. The number of para-hydroxylation sites is 1. The van der Waals surface area contributed by atoms with Crippen LogP contribution in [0.5, 0.6) is 0 Å². The fourth-order valence-electron chi connectivity index (χ4n) is 6.37. The zero-order valence-corrected chi connectivity index (χ0v) is 24.7. The van der Waals surface area contributed by atoms with E-state index in [2.05, 4.69) is 94.9 Å². The Hall–Kier alpha value is -6.33. The first-order valence-corrected chi connectivity index (χ1v) is 15.2. The van der Waals surface area contributed by atoms with Gasteiger partial charge >= 0.3 is 0 Å². The third-order valence-corrected chi connectivity index (χ3v) is 8.56. The van der Waals surface area contributed by atoms with Crippen molar-refractivity contribution < 1.29 is 0 Å². The van der Waals surface area contributed by atoms with Crippen LogP contribution in [0.25, 0.3) is 88.5 Å². The summed E-state index contributed by atoms with van der Waals surface area (Å²) in [6.45, 7) is 0. The molecule has 5 nitrogen and oxygen atoms in total. The summed E-state index contributed by atoms with van der Waals surface area (Å²) in [6.07, 6.45) is 5.49. The Labute approximate surface area is 264 Å². The summed E-state index contributed by atoms with van der Waals surface area (Å²) in [4.78, 5) is 24.2. The van der Waals surface area contributed by atoms with Gasteiger partial charge < -0.3 is 0 Å². The SMILES string of the molecule is c1ccc(-c2cc(-c3ccc4nc(-c5c6ccccc6nc6c5ccc5cccnc56)ccc4c3)cc(-c3ccccn3)c2)nc1. The van der Waals surface area contributed by atoms with Gasteiger partial charge in [-0.25, -0.2) is 9.97 Å². The lowest BCUT2D eigenvalue weighted by Crippen LogP contribution is -1.94. The molecule has 0 amide bonds. The van der Waals surface area contributed by atoms with Gasteiger partial charge in [0.2, 0.25) is 0 Å². The van der Waals surface area contributed by atoms with Crippen LogP contribution in [0.1, 0.15) is 0 Å². The molecule has 0 atom stereocenters. The molecule has 0 aliphatic rings. The highest BCUT2D eigenvalue weighted by Crippen LogP contribution is 2.38. The molecule has 0 aliphatic carbocycles. The van der Waals surface area contributed by atoms with Crippen LogP contribution in [-0.4, -0.2) is 24.9 Å². The van der Waals surface area contributed by atoms with Gasteiger partial charge in [-0.3, -0.25) is 15.0 Å². The first kappa shape index (κ1) is 26.1. The molecule has 4 aromatic carbocycles. The fourth-order valence-corrected chi connectivity index (χ4v) is 6.37. The molecule has 214 valence electrons. The molecule has 46 heavy (non-hydrogen) atoms. The molecule has 0 N–H and O–H groups in total. The van der Waals surface area contributed by atoms with Gasteiger partial charge in [-0.05, 0) is 83.9 Å². The topological polar surface area (TPSA) is 64.5 Å².